The summed E-state index contributed by atoms with van der Waals surface area (Å²) >= 11 is 0. The van der Waals surface area contributed by atoms with Crippen LogP contribution in [0.5, 0.6) is 0 Å². The topological polar surface area (TPSA) is 73.5 Å². The highest BCUT2D eigenvalue weighted by Gasteiger charge is 2.26. The molecule has 2 aromatic heterocycles. The van der Waals surface area contributed by atoms with Gasteiger partial charge in [0.15, 0.2) is 11.5 Å². The van der Waals surface area contributed by atoms with Crippen molar-refractivity contribution in [1.82, 2.24) is 35.1 Å². The zero-order valence-electron chi connectivity index (χ0n) is 11.7. The summed E-state index contributed by atoms with van der Waals surface area (Å²) < 4.78 is 4.19. The molecule has 1 saturated heterocycles. The molecule has 2 aromatic rings. The normalized spacial score (nSPS) is 20.4. The van der Waals surface area contributed by atoms with E-state index >= 15 is 0 Å². The van der Waals surface area contributed by atoms with E-state index in [1.165, 1.54) is 25.7 Å². The van der Waals surface area contributed by atoms with Crippen molar-refractivity contribution < 1.29 is 0 Å². The number of nitrogens with one attached hydrogen (secondary N) is 1. The monoisotopic (exact) mass is 273 g/mol. The van der Waals surface area contributed by atoms with E-state index in [-0.39, 0.29) is 0 Å². The molecule has 7 heteroatoms. The van der Waals surface area contributed by atoms with E-state index in [4.69, 9.17) is 0 Å². The molecule has 1 saturated carbocycles. The number of aromatic nitrogens is 6. The highest BCUT2D eigenvalue weighted by Crippen LogP contribution is 2.33. The summed E-state index contributed by atoms with van der Waals surface area (Å²) in [6.07, 6.45) is 7.02. The Labute approximate surface area is 117 Å². The molecular formula is C13H19N7. The summed E-state index contributed by atoms with van der Waals surface area (Å²) in [6, 6.07) is 0.954. The van der Waals surface area contributed by atoms with Crippen LogP contribution in [0.4, 0.5) is 0 Å². The van der Waals surface area contributed by atoms with Gasteiger partial charge < -0.3 is 9.88 Å². The lowest BCUT2D eigenvalue weighted by atomic mass is 10.2. The van der Waals surface area contributed by atoms with Gasteiger partial charge in [-0.25, -0.2) is 4.68 Å². The van der Waals surface area contributed by atoms with Gasteiger partial charge >= 0.3 is 0 Å². The molecule has 20 heavy (non-hydrogen) atoms. The third kappa shape index (κ3) is 1.84. The lowest BCUT2D eigenvalue weighted by Gasteiger charge is -2.26. The highest BCUT2D eigenvalue weighted by molar-refractivity contribution is 5.47. The van der Waals surface area contributed by atoms with Gasteiger partial charge in [0.05, 0.1) is 12.2 Å². The van der Waals surface area contributed by atoms with Crippen LogP contribution in [-0.2, 0) is 0 Å². The lowest BCUT2D eigenvalue weighted by molar-refractivity contribution is 0.313. The average Bonchev–Trinajstić information content (AvgIpc) is 3.05. The molecular weight excluding hydrogens is 254 g/mol. The molecule has 0 unspecified atom stereocenters. The lowest BCUT2D eigenvalue weighted by Crippen LogP contribution is -2.43. The molecule has 4 rings (SSSR count). The third-order valence-corrected chi connectivity index (χ3v) is 4.43. The summed E-state index contributed by atoms with van der Waals surface area (Å²) in [4.78, 5) is 0. The molecule has 0 aromatic carbocycles. The molecule has 106 valence electrons. The zero-order chi connectivity index (χ0) is 13.5. The quantitative estimate of drug-likeness (QED) is 0.906. The van der Waals surface area contributed by atoms with Crippen LogP contribution in [0.2, 0.25) is 0 Å². The van der Waals surface area contributed by atoms with Gasteiger partial charge in [-0.3, -0.25) is 0 Å². The Bertz CT molecular complexity index is 604. The highest BCUT2D eigenvalue weighted by atomic mass is 15.5. The van der Waals surface area contributed by atoms with Crippen LogP contribution < -0.4 is 5.32 Å². The minimum Gasteiger partial charge on any atom is -0.312 e. The number of rotatable bonds is 3. The third-order valence-electron chi connectivity index (χ3n) is 4.43. The second-order valence-corrected chi connectivity index (χ2v) is 5.77. The Morgan fingerprint density at radius 3 is 2.60 bits per heavy atom. The first-order valence-corrected chi connectivity index (χ1v) is 7.37. The van der Waals surface area contributed by atoms with Crippen LogP contribution in [0.1, 0.15) is 43.6 Å². The summed E-state index contributed by atoms with van der Waals surface area (Å²) in [7, 11) is 0. The Hall–Kier alpha value is -1.76. The van der Waals surface area contributed by atoms with E-state index in [0.29, 0.717) is 12.1 Å². The Morgan fingerprint density at radius 2 is 1.90 bits per heavy atom. The maximum Gasteiger partial charge on any atom is 0.186 e. The fourth-order valence-electron chi connectivity index (χ4n) is 3.16. The van der Waals surface area contributed by atoms with Crippen LogP contribution in [0.3, 0.4) is 0 Å². The zero-order valence-corrected chi connectivity index (χ0v) is 11.7. The number of hydrogen-bond donors (Lipinski definition) is 1. The molecule has 3 heterocycles. The van der Waals surface area contributed by atoms with Crippen molar-refractivity contribution in [1.29, 1.82) is 0 Å². The van der Waals surface area contributed by atoms with E-state index in [1.54, 1.807) is 0 Å². The summed E-state index contributed by atoms with van der Waals surface area (Å²) in [5.41, 5.74) is 0.837. The Kier molecular flexibility index (Phi) is 2.80. The van der Waals surface area contributed by atoms with Crippen molar-refractivity contribution in [3.05, 3.63) is 12.0 Å². The molecule has 0 radical (unpaired) electrons. The van der Waals surface area contributed by atoms with E-state index < -0.39 is 0 Å². The number of nitrogens with zero attached hydrogens (tertiary/aromatic N) is 6. The summed E-state index contributed by atoms with van der Waals surface area (Å²) in [5.74, 6) is 1.85. The van der Waals surface area contributed by atoms with Crippen LogP contribution in [0, 0.1) is 6.92 Å². The maximum atomic E-state index is 4.33. The average molecular weight is 273 g/mol. The fourth-order valence-corrected chi connectivity index (χ4v) is 3.16. The second kappa shape index (κ2) is 4.66. The van der Waals surface area contributed by atoms with Crippen LogP contribution >= 0.6 is 0 Å². The molecule has 2 aliphatic rings. The molecule has 2 fully saturated rings. The molecule has 1 aliphatic carbocycles. The smallest absolute Gasteiger partial charge is 0.186 e. The standard InChI is InChI=1S/C13H19N7/c1-9-15-17-13(20(9)10-4-2-3-5-10)12-8-19(18-16-12)11-6-14-7-11/h8,10-11,14H,2-7H2,1H3. The van der Waals surface area contributed by atoms with Crippen molar-refractivity contribution in [3.63, 3.8) is 0 Å². The first-order chi connectivity index (χ1) is 9.83. The van der Waals surface area contributed by atoms with Crippen LogP contribution in [-0.4, -0.2) is 42.8 Å². The largest absolute Gasteiger partial charge is 0.312 e. The molecule has 0 amide bonds. The molecule has 1 aliphatic heterocycles. The van der Waals surface area contributed by atoms with Gasteiger partial charge in [-0.05, 0) is 19.8 Å². The summed E-state index contributed by atoms with van der Waals surface area (Å²) in [5, 5.41) is 20.4. The molecule has 0 bridgehead atoms. The Balaban J connectivity index is 1.69. The Morgan fingerprint density at radius 1 is 1.10 bits per heavy atom. The minimum absolute atomic E-state index is 0.431. The van der Waals surface area contributed by atoms with Crippen molar-refractivity contribution in [2.75, 3.05) is 13.1 Å². The van der Waals surface area contributed by atoms with Crippen LogP contribution in [0.15, 0.2) is 6.20 Å². The van der Waals surface area contributed by atoms with Gasteiger partial charge in [0.2, 0.25) is 0 Å². The van der Waals surface area contributed by atoms with Gasteiger partial charge in [0.25, 0.3) is 0 Å². The van der Waals surface area contributed by atoms with Gasteiger partial charge in [0, 0.05) is 19.1 Å². The van der Waals surface area contributed by atoms with E-state index in [1.807, 2.05) is 17.8 Å². The first-order valence-electron chi connectivity index (χ1n) is 7.37. The second-order valence-electron chi connectivity index (χ2n) is 5.77. The van der Waals surface area contributed by atoms with E-state index in [9.17, 15) is 0 Å². The van der Waals surface area contributed by atoms with Crippen LogP contribution in [0.25, 0.3) is 11.5 Å². The van der Waals surface area contributed by atoms with Gasteiger partial charge in [0.1, 0.15) is 5.82 Å². The van der Waals surface area contributed by atoms with Crippen molar-refractivity contribution in [3.8, 4) is 11.5 Å². The predicted octanol–water partition coefficient (Wildman–Crippen LogP) is 1.10. The first kappa shape index (κ1) is 12.0. The summed E-state index contributed by atoms with van der Waals surface area (Å²) in [6.45, 7) is 3.96. The van der Waals surface area contributed by atoms with Gasteiger partial charge in [-0.2, -0.15) is 0 Å². The van der Waals surface area contributed by atoms with Gasteiger partial charge in [-0.15, -0.1) is 15.3 Å². The predicted molar refractivity (Wildman–Crippen MR) is 73.2 cm³/mol. The number of hydrogen-bond acceptors (Lipinski definition) is 5. The molecule has 7 nitrogen and oxygen atoms in total. The minimum atomic E-state index is 0.431. The molecule has 0 spiro atoms. The molecule has 1 N–H and O–H groups in total. The van der Waals surface area contributed by atoms with Crippen molar-refractivity contribution in [2.45, 2.75) is 44.7 Å². The van der Waals surface area contributed by atoms with Crippen molar-refractivity contribution in [2.24, 2.45) is 0 Å². The fraction of sp³-hybridized carbons (Fsp3) is 0.692. The van der Waals surface area contributed by atoms with Gasteiger partial charge in [-0.1, -0.05) is 18.1 Å². The SMILES string of the molecule is Cc1nnc(-c2cn(C3CNC3)nn2)n1C1CCCC1. The number of aryl methyl sites for hydroxylation is 1. The van der Waals surface area contributed by atoms with Crippen molar-refractivity contribution >= 4 is 0 Å². The maximum absolute atomic E-state index is 4.33. The van der Waals surface area contributed by atoms with E-state index in [0.717, 1.165) is 30.4 Å². The molecule has 0 atom stereocenters. The van der Waals surface area contributed by atoms with E-state index in [2.05, 4.69) is 30.4 Å².